The Balaban J connectivity index is 3.28. The van der Waals surface area contributed by atoms with Crippen molar-refractivity contribution >= 4 is 16.9 Å². The highest BCUT2D eigenvalue weighted by molar-refractivity contribution is 8.13. The van der Waals surface area contributed by atoms with E-state index in [-0.39, 0.29) is 11.2 Å². The normalized spacial score (nSPS) is 13.2. The van der Waals surface area contributed by atoms with Crippen LogP contribution >= 0.6 is 11.8 Å². The zero-order valence-electron chi connectivity index (χ0n) is 5.89. The van der Waals surface area contributed by atoms with Crippen molar-refractivity contribution in [2.75, 3.05) is 5.75 Å². The summed E-state index contributed by atoms with van der Waals surface area (Å²) in [5, 5.41) is 0.0943. The van der Waals surface area contributed by atoms with E-state index in [9.17, 15) is 4.79 Å². The molecule has 0 radical (unpaired) electrons. The third-order valence-corrected chi connectivity index (χ3v) is 2.09. The van der Waals surface area contributed by atoms with Gasteiger partial charge < -0.3 is 5.73 Å². The van der Waals surface area contributed by atoms with E-state index in [1.807, 2.05) is 6.92 Å². The molecule has 0 aromatic heterocycles. The van der Waals surface area contributed by atoms with Gasteiger partial charge in [-0.05, 0) is 13.3 Å². The summed E-state index contributed by atoms with van der Waals surface area (Å²) in [5.41, 5.74) is 5.31. The Hall–Kier alpha value is -0.0200. The second-order valence-corrected chi connectivity index (χ2v) is 3.06. The zero-order valence-corrected chi connectivity index (χ0v) is 6.70. The fourth-order valence-corrected chi connectivity index (χ4v) is 1.00. The molecule has 0 saturated carbocycles. The number of thioether (sulfide) groups is 1. The Labute approximate surface area is 60.2 Å². The lowest BCUT2D eigenvalue weighted by Crippen LogP contribution is -2.23. The van der Waals surface area contributed by atoms with Crippen molar-refractivity contribution in [3.8, 4) is 0 Å². The maximum atomic E-state index is 10.7. The van der Waals surface area contributed by atoms with Crippen LogP contribution in [-0.4, -0.2) is 16.9 Å². The van der Waals surface area contributed by atoms with Crippen molar-refractivity contribution < 1.29 is 4.79 Å². The Morgan fingerprint density at radius 1 is 1.78 bits per heavy atom. The van der Waals surface area contributed by atoms with Gasteiger partial charge in [-0.15, -0.1) is 0 Å². The molecule has 54 valence electrons. The highest BCUT2D eigenvalue weighted by Crippen LogP contribution is 2.04. The summed E-state index contributed by atoms with van der Waals surface area (Å²) >= 11 is 1.32. The smallest absolute Gasteiger partial charge is 0.205 e. The molecule has 2 N–H and O–H groups in total. The van der Waals surface area contributed by atoms with Gasteiger partial charge in [0, 0.05) is 5.75 Å². The lowest BCUT2D eigenvalue weighted by Gasteiger charge is -2.00. The molecular weight excluding hydrogens is 134 g/mol. The van der Waals surface area contributed by atoms with Crippen LogP contribution in [0.1, 0.15) is 20.3 Å². The van der Waals surface area contributed by atoms with E-state index in [1.165, 1.54) is 11.8 Å². The summed E-state index contributed by atoms with van der Waals surface area (Å²) in [6, 6.07) is -0.304. The van der Waals surface area contributed by atoms with E-state index in [4.69, 9.17) is 5.73 Å². The number of nitrogens with two attached hydrogens (primary N) is 1. The first-order chi connectivity index (χ1) is 4.18. The van der Waals surface area contributed by atoms with Crippen molar-refractivity contribution in [3.63, 3.8) is 0 Å². The Morgan fingerprint density at radius 2 is 2.33 bits per heavy atom. The van der Waals surface area contributed by atoms with Crippen molar-refractivity contribution in [2.24, 2.45) is 5.73 Å². The summed E-state index contributed by atoms with van der Waals surface area (Å²) in [4.78, 5) is 10.7. The van der Waals surface area contributed by atoms with Gasteiger partial charge in [-0.1, -0.05) is 18.7 Å². The first-order valence-electron chi connectivity index (χ1n) is 3.10. The van der Waals surface area contributed by atoms with Gasteiger partial charge in [0.05, 0.1) is 6.04 Å². The third-order valence-electron chi connectivity index (χ3n) is 0.820. The number of carbonyl (C=O) groups excluding carboxylic acids is 1. The number of hydrogen-bond acceptors (Lipinski definition) is 3. The standard InChI is InChI=1S/C6H13NOS/c1-3-4-9-6(8)5(2)7/h5H,3-4,7H2,1-2H3/t5-/m0/s1. The van der Waals surface area contributed by atoms with Crippen LogP contribution in [0.4, 0.5) is 0 Å². The lowest BCUT2D eigenvalue weighted by molar-refractivity contribution is -0.111. The average Bonchev–Trinajstić information content (AvgIpc) is 1.82. The quantitative estimate of drug-likeness (QED) is 0.647. The van der Waals surface area contributed by atoms with E-state index in [1.54, 1.807) is 6.92 Å². The van der Waals surface area contributed by atoms with E-state index in [2.05, 4.69) is 0 Å². The van der Waals surface area contributed by atoms with Gasteiger partial charge in [-0.25, -0.2) is 0 Å². The van der Waals surface area contributed by atoms with E-state index in [0.29, 0.717) is 0 Å². The summed E-state index contributed by atoms with van der Waals surface area (Å²) in [5.74, 6) is 0.889. The maximum absolute atomic E-state index is 10.7. The topological polar surface area (TPSA) is 43.1 Å². The van der Waals surface area contributed by atoms with E-state index >= 15 is 0 Å². The van der Waals surface area contributed by atoms with Crippen LogP contribution in [-0.2, 0) is 4.79 Å². The van der Waals surface area contributed by atoms with Gasteiger partial charge in [0.1, 0.15) is 0 Å². The molecule has 0 saturated heterocycles. The minimum absolute atomic E-state index is 0.0943. The maximum Gasteiger partial charge on any atom is 0.205 e. The summed E-state index contributed by atoms with van der Waals surface area (Å²) in [6.07, 6.45) is 1.03. The molecule has 0 aromatic rings. The Bertz CT molecular complexity index is 93.1. The molecule has 0 spiro atoms. The average molecular weight is 147 g/mol. The highest BCUT2D eigenvalue weighted by Gasteiger charge is 2.05. The predicted octanol–water partition coefficient (Wildman–Crippen LogP) is 1.00. The first kappa shape index (κ1) is 8.98. The van der Waals surface area contributed by atoms with Gasteiger partial charge in [-0.2, -0.15) is 0 Å². The van der Waals surface area contributed by atoms with Gasteiger partial charge in [0.2, 0.25) is 5.12 Å². The molecule has 0 aliphatic heterocycles. The molecule has 0 aromatic carbocycles. The molecule has 0 amide bonds. The SMILES string of the molecule is CCCSC(=O)[C@H](C)N. The first-order valence-corrected chi connectivity index (χ1v) is 4.09. The van der Waals surface area contributed by atoms with Gasteiger partial charge in [0.25, 0.3) is 0 Å². The van der Waals surface area contributed by atoms with E-state index in [0.717, 1.165) is 12.2 Å². The van der Waals surface area contributed by atoms with Crippen LogP contribution in [0.15, 0.2) is 0 Å². The van der Waals surface area contributed by atoms with Crippen molar-refractivity contribution in [1.82, 2.24) is 0 Å². The largest absolute Gasteiger partial charge is 0.321 e. The Kier molecular flexibility index (Phi) is 4.81. The summed E-state index contributed by atoms with van der Waals surface area (Å²) in [6.45, 7) is 3.76. The molecule has 0 rings (SSSR count). The van der Waals surface area contributed by atoms with Gasteiger partial charge >= 0.3 is 0 Å². The summed E-state index contributed by atoms with van der Waals surface area (Å²) < 4.78 is 0. The molecular formula is C6H13NOS. The van der Waals surface area contributed by atoms with Crippen molar-refractivity contribution in [2.45, 2.75) is 26.3 Å². The molecule has 0 heterocycles. The molecule has 0 aliphatic rings. The van der Waals surface area contributed by atoms with Gasteiger partial charge in [0.15, 0.2) is 0 Å². The van der Waals surface area contributed by atoms with Crippen LogP contribution in [0.3, 0.4) is 0 Å². The summed E-state index contributed by atoms with van der Waals surface area (Å²) in [7, 11) is 0. The molecule has 0 unspecified atom stereocenters. The highest BCUT2D eigenvalue weighted by atomic mass is 32.2. The number of carbonyl (C=O) groups is 1. The Morgan fingerprint density at radius 3 is 2.67 bits per heavy atom. The molecule has 3 heteroatoms. The second-order valence-electron chi connectivity index (χ2n) is 1.96. The minimum Gasteiger partial charge on any atom is -0.321 e. The van der Waals surface area contributed by atoms with Crippen LogP contribution in [0, 0.1) is 0 Å². The lowest BCUT2D eigenvalue weighted by atomic mass is 10.4. The van der Waals surface area contributed by atoms with Gasteiger partial charge in [-0.3, -0.25) is 4.79 Å². The fraction of sp³-hybridized carbons (Fsp3) is 0.833. The van der Waals surface area contributed by atoms with Crippen molar-refractivity contribution in [3.05, 3.63) is 0 Å². The monoisotopic (exact) mass is 147 g/mol. The van der Waals surface area contributed by atoms with Crippen molar-refractivity contribution in [1.29, 1.82) is 0 Å². The van der Waals surface area contributed by atoms with E-state index < -0.39 is 0 Å². The molecule has 0 fully saturated rings. The number of rotatable bonds is 3. The predicted molar refractivity (Wildman–Crippen MR) is 41.4 cm³/mol. The number of hydrogen-bond donors (Lipinski definition) is 1. The molecule has 2 nitrogen and oxygen atoms in total. The zero-order chi connectivity index (χ0) is 7.28. The van der Waals surface area contributed by atoms with Crippen LogP contribution in [0.25, 0.3) is 0 Å². The molecule has 0 aliphatic carbocycles. The second kappa shape index (κ2) is 4.82. The third kappa shape index (κ3) is 4.48. The molecule has 1 atom stereocenters. The molecule has 0 bridgehead atoms. The van der Waals surface area contributed by atoms with Crippen LogP contribution < -0.4 is 5.73 Å². The van der Waals surface area contributed by atoms with Crippen LogP contribution in [0.2, 0.25) is 0 Å². The molecule has 9 heavy (non-hydrogen) atoms. The minimum atomic E-state index is -0.304. The fourth-order valence-electron chi connectivity index (χ4n) is 0.334. The van der Waals surface area contributed by atoms with Crippen LogP contribution in [0.5, 0.6) is 0 Å².